The number of anilines is 2. The highest BCUT2D eigenvalue weighted by Gasteiger charge is 2.33. The molecule has 0 aliphatic carbocycles. The first kappa shape index (κ1) is 19.8. The summed E-state index contributed by atoms with van der Waals surface area (Å²) >= 11 is 5.87. The van der Waals surface area contributed by atoms with E-state index in [1.807, 2.05) is 4.90 Å². The van der Waals surface area contributed by atoms with Crippen molar-refractivity contribution in [3.63, 3.8) is 0 Å². The first-order valence-corrected chi connectivity index (χ1v) is 9.86. The van der Waals surface area contributed by atoms with Crippen LogP contribution in [0.5, 0.6) is 0 Å². The van der Waals surface area contributed by atoms with Gasteiger partial charge in [0.1, 0.15) is 4.90 Å². The molecule has 0 aromatic heterocycles. The zero-order valence-corrected chi connectivity index (χ0v) is 15.5. The fourth-order valence-corrected chi connectivity index (χ4v) is 4.33. The molecule has 1 fully saturated rings. The molecule has 10 heteroatoms. The smallest absolute Gasteiger partial charge is 0.378 e. The summed E-state index contributed by atoms with van der Waals surface area (Å²) in [6.45, 7) is 2.15. The van der Waals surface area contributed by atoms with Crippen molar-refractivity contribution in [2.75, 3.05) is 35.9 Å². The lowest BCUT2D eigenvalue weighted by atomic mass is 10.2. The summed E-state index contributed by atoms with van der Waals surface area (Å²) in [5.74, 6) is 0. The number of ether oxygens (including phenoxy) is 1. The van der Waals surface area contributed by atoms with Gasteiger partial charge in [-0.05, 0) is 30.3 Å². The molecule has 0 spiro atoms. The van der Waals surface area contributed by atoms with Crippen LogP contribution >= 0.6 is 11.6 Å². The number of halogens is 4. The standard InChI is InChI=1S/C17H16ClF3N2O3S/c18-13-6-5-12(17(19,20)21)11-16(13)27(24,25)22-14-3-1-2-4-15(14)23-7-9-26-10-8-23/h1-6,11,22H,7-10H2. The Hall–Kier alpha value is -1.97. The summed E-state index contributed by atoms with van der Waals surface area (Å²) in [6.07, 6.45) is -4.68. The first-order valence-electron chi connectivity index (χ1n) is 8.00. The van der Waals surface area contributed by atoms with Crippen molar-refractivity contribution in [1.29, 1.82) is 0 Å². The molecule has 0 amide bonds. The van der Waals surface area contributed by atoms with Gasteiger partial charge in [0.25, 0.3) is 10.0 Å². The second-order valence-electron chi connectivity index (χ2n) is 5.87. The Balaban J connectivity index is 1.96. The second kappa shape index (κ2) is 7.57. The topological polar surface area (TPSA) is 58.6 Å². The average molecular weight is 421 g/mol. The molecule has 1 saturated heterocycles. The lowest BCUT2D eigenvalue weighted by molar-refractivity contribution is -0.137. The number of nitrogens with one attached hydrogen (secondary N) is 1. The van der Waals surface area contributed by atoms with Gasteiger partial charge in [0, 0.05) is 13.1 Å². The van der Waals surface area contributed by atoms with Gasteiger partial charge in [-0.2, -0.15) is 13.2 Å². The Morgan fingerprint density at radius 1 is 1.07 bits per heavy atom. The van der Waals surface area contributed by atoms with Crippen molar-refractivity contribution in [3.05, 3.63) is 53.1 Å². The summed E-state index contributed by atoms with van der Waals surface area (Å²) in [4.78, 5) is 1.31. The van der Waals surface area contributed by atoms with Crippen molar-refractivity contribution >= 4 is 33.0 Å². The van der Waals surface area contributed by atoms with Crippen molar-refractivity contribution in [2.45, 2.75) is 11.1 Å². The molecule has 0 unspecified atom stereocenters. The van der Waals surface area contributed by atoms with E-state index in [0.29, 0.717) is 38.1 Å². The van der Waals surface area contributed by atoms with Crippen LogP contribution in [0, 0.1) is 0 Å². The van der Waals surface area contributed by atoms with Gasteiger partial charge in [0.05, 0.1) is 35.2 Å². The molecule has 1 aliphatic heterocycles. The van der Waals surface area contributed by atoms with Crippen molar-refractivity contribution in [3.8, 4) is 0 Å². The lowest BCUT2D eigenvalue weighted by Crippen LogP contribution is -2.36. The highest BCUT2D eigenvalue weighted by atomic mass is 35.5. The predicted octanol–water partition coefficient (Wildman–Crippen LogP) is 4.00. The van der Waals surface area contributed by atoms with Crippen LogP contribution in [0.15, 0.2) is 47.4 Å². The van der Waals surface area contributed by atoms with Crippen LogP contribution in [0.25, 0.3) is 0 Å². The quantitative estimate of drug-likeness (QED) is 0.812. The van der Waals surface area contributed by atoms with Gasteiger partial charge < -0.3 is 9.64 Å². The molecule has 1 heterocycles. The highest BCUT2D eigenvalue weighted by Crippen LogP contribution is 2.35. The number of morpholine rings is 1. The van der Waals surface area contributed by atoms with Gasteiger partial charge in [-0.25, -0.2) is 8.42 Å². The van der Waals surface area contributed by atoms with E-state index in [1.54, 1.807) is 24.3 Å². The van der Waals surface area contributed by atoms with Crippen LogP contribution in [-0.4, -0.2) is 34.7 Å². The molecular weight excluding hydrogens is 405 g/mol. The lowest BCUT2D eigenvalue weighted by Gasteiger charge is -2.30. The molecule has 27 heavy (non-hydrogen) atoms. The molecule has 3 rings (SSSR count). The molecule has 0 saturated carbocycles. The van der Waals surface area contributed by atoms with Gasteiger partial charge in [-0.15, -0.1) is 0 Å². The van der Waals surface area contributed by atoms with Gasteiger partial charge in [0.2, 0.25) is 0 Å². The van der Waals surface area contributed by atoms with E-state index in [4.69, 9.17) is 16.3 Å². The molecule has 0 bridgehead atoms. The summed E-state index contributed by atoms with van der Waals surface area (Å²) in [6, 6.07) is 8.86. The maximum absolute atomic E-state index is 12.9. The third-order valence-corrected chi connectivity index (χ3v) is 5.90. The number of hydrogen-bond acceptors (Lipinski definition) is 4. The van der Waals surface area contributed by atoms with Crippen molar-refractivity contribution < 1.29 is 26.3 Å². The SMILES string of the molecule is O=S(=O)(Nc1ccccc1N1CCOCC1)c1cc(C(F)(F)F)ccc1Cl. The third kappa shape index (κ3) is 4.48. The summed E-state index contributed by atoms with van der Waals surface area (Å²) in [5.41, 5.74) is -0.214. The number of benzene rings is 2. The van der Waals surface area contributed by atoms with Crippen LogP contribution in [-0.2, 0) is 20.9 Å². The maximum Gasteiger partial charge on any atom is 0.416 e. The van der Waals surface area contributed by atoms with Gasteiger partial charge in [-0.3, -0.25) is 4.72 Å². The molecule has 0 radical (unpaired) electrons. The number of rotatable bonds is 4. The van der Waals surface area contributed by atoms with Crippen LogP contribution in [0.3, 0.4) is 0 Å². The Morgan fingerprint density at radius 3 is 2.41 bits per heavy atom. The van der Waals surface area contributed by atoms with Crippen LogP contribution in [0.4, 0.5) is 24.5 Å². The van der Waals surface area contributed by atoms with Crippen LogP contribution in [0.1, 0.15) is 5.56 Å². The molecule has 146 valence electrons. The minimum atomic E-state index is -4.68. The largest absolute Gasteiger partial charge is 0.416 e. The van der Waals surface area contributed by atoms with Crippen molar-refractivity contribution in [2.24, 2.45) is 0 Å². The Labute approximate surface area is 159 Å². The summed E-state index contributed by atoms with van der Waals surface area (Å²) in [7, 11) is -4.33. The van der Waals surface area contributed by atoms with Crippen LogP contribution < -0.4 is 9.62 Å². The van der Waals surface area contributed by atoms with E-state index in [1.165, 1.54) is 0 Å². The maximum atomic E-state index is 12.9. The van der Waals surface area contributed by atoms with Gasteiger partial charge >= 0.3 is 6.18 Å². The third-order valence-electron chi connectivity index (χ3n) is 4.05. The number of para-hydroxylation sites is 2. The van der Waals surface area contributed by atoms with Gasteiger partial charge in [0.15, 0.2) is 0 Å². The van der Waals surface area contributed by atoms with E-state index in [0.717, 1.165) is 12.1 Å². The second-order valence-corrected chi connectivity index (χ2v) is 7.92. The number of hydrogen-bond donors (Lipinski definition) is 1. The van der Waals surface area contributed by atoms with E-state index in [-0.39, 0.29) is 10.7 Å². The fourth-order valence-electron chi connectivity index (χ4n) is 2.73. The number of sulfonamides is 1. The van der Waals surface area contributed by atoms with E-state index >= 15 is 0 Å². The average Bonchev–Trinajstić information content (AvgIpc) is 2.62. The summed E-state index contributed by atoms with van der Waals surface area (Å²) < 4.78 is 71.9. The molecule has 0 atom stereocenters. The summed E-state index contributed by atoms with van der Waals surface area (Å²) in [5, 5.41) is -0.292. The van der Waals surface area contributed by atoms with Crippen LogP contribution in [0.2, 0.25) is 5.02 Å². The van der Waals surface area contributed by atoms with E-state index < -0.39 is 26.7 Å². The number of nitrogens with zero attached hydrogens (tertiary/aromatic N) is 1. The first-order chi connectivity index (χ1) is 12.7. The van der Waals surface area contributed by atoms with Gasteiger partial charge in [-0.1, -0.05) is 23.7 Å². The normalized spacial score (nSPS) is 15.6. The van der Waals surface area contributed by atoms with E-state index in [9.17, 15) is 21.6 Å². The monoisotopic (exact) mass is 420 g/mol. The van der Waals surface area contributed by atoms with Crippen molar-refractivity contribution in [1.82, 2.24) is 0 Å². The molecule has 2 aromatic carbocycles. The fraction of sp³-hybridized carbons (Fsp3) is 0.294. The zero-order valence-electron chi connectivity index (χ0n) is 14.0. The molecule has 5 nitrogen and oxygen atoms in total. The molecule has 1 aliphatic rings. The molecule has 1 N–H and O–H groups in total. The minimum absolute atomic E-state index is 0.257. The zero-order chi connectivity index (χ0) is 19.7. The highest BCUT2D eigenvalue weighted by molar-refractivity contribution is 7.92. The Bertz CT molecular complexity index is 929. The minimum Gasteiger partial charge on any atom is -0.378 e. The Morgan fingerprint density at radius 2 is 1.74 bits per heavy atom. The van der Waals surface area contributed by atoms with E-state index in [2.05, 4.69) is 4.72 Å². The predicted molar refractivity (Wildman–Crippen MR) is 96.7 cm³/mol. The Kier molecular flexibility index (Phi) is 5.55. The number of alkyl halides is 3. The molecule has 2 aromatic rings. The molecular formula is C17H16ClF3N2O3S.